The number of hydrogen-bond donors (Lipinski definition) is 0. The van der Waals surface area contributed by atoms with E-state index in [-0.39, 0.29) is 0 Å². The molecule has 0 radical (unpaired) electrons. The molecule has 0 aromatic heterocycles. The molecule has 1 nitrogen and oxygen atoms in total. The van der Waals surface area contributed by atoms with Crippen LogP contribution in [0.15, 0.2) is 0 Å². The molecule has 1 heterocycles. The van der Waals surface area contributed by atoms with Crippen molar-refractivity contribution in [2.75, 3.05) is 19.1 Å². The van der Waals surface area contributed by atoms with Gasteiger partial charge in [-0.2, -0.15) is 0 Å². The van der Waals surface area contributed by atoms with Crippen molar-refractivity contribution in [3.63, 3.8) is 0 Å². The predicted molar refractivity (Wildman–Crippen MR) is 48.0 cm³/mol. The Bertz CT molecular complexity index is 99.7. The van der Waals surface area contributed by atoms with Gasteiger partial charge in [0.15, 0.2) is 0 Å². The first-order chi connectivity index (χ1) is 5.33. The molecule has 0 aromatic rings. The maximum absolute atomic E-state index is 5.74. The lowest BCUT2D eigenvalue weighted by molar-refractivity contribution is 0.0603. The van der Waals surface area contributed by atoms with Crippen LogP contribution in [-0.4, -0.2) is 19.1 Å². The minimum Gasteiger partial charge on any atom is -0.381 e. The largest absolute Gasteiger partial charge is 0.381 e. The van der Waals surface area contributed by atoms with Gasteiger partial charge < -0.3 is 4.74 Å². The van der Waals surface area contributed by atoms with Crippen molar-refractivity contribution in [2.45, 2.75) is 26.2 Å². The maximum atomic E-state index is 5.74. The van der Waals surface area contributed by atoms with Crippen LogP contribution in [0.2, 0.25) is 0 Å². The van der Waals surface area contributed by atoms with E-state index in [9.17, 15) is 0 Å². The highest BCUT2D eigenvalue weighted by Gasteiger charge is 2.15. The molecule has 1 unspecified atom stereocenters. The fourth-order valence-corrected chi connectivity index (χ4v) is 1.74. The first kappa shape index (κ1) is 9.34. The van der Waals surface area contributed by atoms with E-state index in [4.69, 9.17) is 16.3 Å². The van der Waals surface area contributed by atoms with Crippen molar-refractivity contribution in [3.8, 4) is 0 Å². The average Bonchev–Trinajstić information content (AvgIpc) is 2.06. The fraction of sp³-hybridized carbons (Fsp3) is 1.00. The van der Waals surface area contributed by atoms with E-state index in [0.29, 0.717) is 5.92 Å². The molecular formula is C9H17ClO. The third-order valence-corrected chi connectivity index (χ3v) is 2.87. The Balaban J connectivity index is 2.13. The van der Waals surface area contributed by atoms with Crippen LogP contribution in [0.4, 0.5) is 0 Å². The van der Waals surface area contributed by atoms with Crippen molar-refractivity contribution in [3.05, 3.63) is 0 Å². The molecular weight excluding hydrogens is 160 g/mol. The molecule has 1 saturated heterocycles. The van der Waals surface area contributed by atoms with Crippen LogP contribution < -0.4 is 0 Å². The molecule has 0 aliphatic carbocycles. The zero-order valence-corrected chi connectivity index (χ0v) is 7.94. The smallest absolute Gasteiger partial charge is 0.0468 e. The van der Waals surface area contributed by atoms with Crippen molar-refractivity contribution in [2.24, 2.45) is 11.8 Å². The van der Waals surface area contributed by atoms with Crippen molar-refractivity contribution in [1.29, 1.82) is 0 Å². The van der Waals surface area contributed by atoms with Gasteiger partial charge in [-0.3, -0.25) is 0 Å². The highest BCUT2D eigenvalue weighted by atomic mass is 35.5. The number of alkyl halides is 1. The number of halogens is 1. The quantitative estimate of drug-likeness (QED) is 0.601. The molecule has 0 spiro atoms. The number of ether oxygens (including phenoxy) is 1. The van der Waals surface area contributed by atoms with Gasteiger partial charge >= 0.3 is 0 Å². The summed E-state index contributed by atoms with van der Waals surface area (Å²) in [4.78, 5) is 0. The Labute approximate surface area is 74.1 Å². The standard InChI is InChI=1S/C9H17ClO/c1-8(7-10)6-9-2-4-11-5-3-9/h8-9H,2-7H2,1H3. The number of rotatable bonds is 3. The summed E-state index contributed by atoms with van der Waals surface area (Å²) in [6.45, 7) is 4.14. The van der Waals surface area contributed by atoms with Crippen LogP contribution in [0.3, 0.4) is 0 Å². The summed E-state index contributed by atoms with van der Waals surface area (Å²) in [5.74, 6) is 2.36. The average molecular weight is 177 g/mol. The molecule has 1 rings (SSSR count). The molecule has 0 N–H and O–H groups in total. The lowest BCUT2D eigenvalue weighted by Crippen LogP contribution is -2.18. The molecule has 2 heteroatoms. The monoisotopic (exact) mass is 176 g/mol. The molecule has 1 aliphatic heterocycles. The Morgan fingerprint density at radius 1 is 1.45 bits per heavy atom. The third kappa shape index (κ3) is 3.44. The van der Waals surface area contributed by atoms with E-state index in [2.05, 4.69) is 6.92 Å². The molecule has 1 atom stereocenters. The molecule has 0 aromatic carbocycles. The van der Waals surface area contributed by atoms with Crippen LogP contribution in [0, 0.1) is 11.8 Å². The van der Waals surface area contributed by atoms with Crippen LogP contribution in [0.5, 0.6) is 0 Å². The van der Waals surface area contributed by atoms with Gasteiger partial charge in [-0.25, -0.2) is 0 Å². The van der Waals surface area contributed by atoms with Crippen LogP contribution >= 0.6 is 11.6 Å². The van der Waals surface area contributed by atoms with Crippen LogP contribution in [-0.2, 0) is 4.74 Å². The highest BCUT2D eigenvalue weighted by Crippen LogP contribution is 2.23. The van der Waals surface area contributed by atoms with E-state index >= 15 is 0 Å². The molecule has 1 fully saturated rings. The van der Waals surface area contributed by atoms with Crippen molar-refractivity contribution >= 4 is 11.6 Å². The molecule has 11 heavy (non-hydrogen) atoms. The Kier molecular flexibility index (Phi) is 4.24. The first-order valence-corrected chi connectivity index (χ1v) is 5.00. The van der Waals surface area contributed by atoms with E-state index in [1.54, 1.807) is 0 Å². The summed E-state index contributed by atoms with van der Waals surface area (Å²) in [5.41, 5.74) is 0. The lowest BCUT2D eigenvalue weighted by Gasteiger charge is -2.23. The zero-order valence-electron chi connectivity index (χ0n) is 7.18. The van der Waals surface area contributed by atoms with Gasteiger partial charge in [0, 0.05) is 19.1 Å². The van der Waals surface area contributed by atoms with Gasteiger partial charge in [-0.05, 0) is 31.1 Å². The Hall–Kier alpha value is 0.250. The SMILES string of the molecule is CC(CCl)CC1CCOCC1. The molecule has 66 valence electrons. The Morgan fingerprint density at radius 3 is 2.64 bits per heavy atom. The second kappa shape index (κ2) is 5.00. The fourth-order valence-electron chi connectivity index (χ4n) is 1.61. The second-order valence-electron chi connectivity index (χ2n) is 3.55. The van der Waals surface area contributed by atoms with Gasteiger partial charge in [0.2, 0.25) is 0 Å². The van der Waals surface area contributed by atoms with E-state index in [1.165, 1.54) is 19.3 Å². The summed E-state index contributed by atoms with van der Waals surface area (Å²) in [7, 11) is 0. The van der Waals surface area contributed by atoms with E-state index < -0.39 is 0 Å². The Morgan fingerprint density at radius 2 is 2.09 bits per heavy atom. The van der Waals surface area contributed by atoms with Crippen molar-refractivity contribution in [1.82, 2.24) is 0 Å². The van der Waals surface area contributed by atoms with Gasteiger partial charge in [0.1, 0.15) is 0 Å². The summed E-state index contributed by atoms with van der Waals surface area (Å²) < 4.78 is 5.28. The second-order valence-corrected chi connectivity index (χ2v) is 3.86. The summed E-state index contributed by atoms with van der Waals surface area (Å²) in [5, 5.41) is 0. The minimum atomic E-state index is 0.680. The highest BCUT2D eigenvalue weighted by molar-refractivity contribution is 6.18. The summed E-state index contributed by atoms with van der Waals surface area (Å²) in [6.07, 6.45) is 3.76. The first-order valence-electron chi connectivity index (χ1n) is 4.46. The molecule has 0 bridgehead atoms. The number of hydrogen-bond acceptors (Lipinski definition) is 1. The predicted octanol–water partition coefficient (Wildman–Crippen LogP) is 2.68. The zero-order chi connectivity index (χ0) is 8.10. The minimum absolute atomic E-state index is 0.680. The maximum Gasteiger partial charge on any atom is 0.0468 e. The topological polar surface area (TPSA) is 9.23 Å². The molecule has 0 saturated carbocycles. The van der Waals surface area contributed by atoms with E-state index in [0.717, 1.165) is 25.0 Å². The van der Waals surface area contributed by atoms with Crippen LogP contribution in [0.1, 0.15) is 26.2 Å². The summed E-state index contributed by atoms with van der Waals surface area (Å²) >= 11 is 5.74. The third-order valence-electron chi connectivity index (χ3n) is 2.34. The van der Waals surface area contributed by atoms with E-state index in [1.807, 2.05) is 0 Å². The van der Waals surface area contributed by atoms with Gasteiger partial charge in [-0.15, -0.1) is 11.6 Å². The van der Waals surface area contributed by atoms with Gasteiger partial charge in [0.05, 0.1) is 0 Å². The molecule has 0 amide bonds. The normalized spacial score (nSPS) is 23.5. The van der Waals surface area contributed by atoms with Crippen LogP contribution in [0.25, 0.3) is 0 Å². The van der Waals surface area contributed by atoms with Gasteiger partial charge in [0.25, 0.3) is 0 Å². The van der Waals surface area contributed by atoms with Crippen molar-refractivity contribution < 1.29 is 4.74 Å². The molecule has 1 aliphatic rings. The lowest BCUT2D eigenvalue weighted by atomic mass is 9.91. The summed E-state index contributed by atoms with van der Waals surface area (Å²) in [6, 6.07) is 0. The van der Waals surface area contributed by atoms with Gasteiger partial charge in [-0.1, -0.05) is 6.92 Å².